The van der Waals surface area contributed by atoms with E-state index in [1.165, 1.54) is 4.90 Å². The molecule has 5 nitrogen and oxygen atoms in total. The number of benzene rings is 2. The first kappa shape index (κ1) is 16.0. The quantitative estimate of drug-likeness (QED) is 0.529. The Bertz CT molecular complexity index is 1060. The fourth-order valence-corrected chi connectivity index (χ4v) is 3.18. The summed E-state index contributed by atoms with van der Waals surface area (Å²) in [4.78, 5) is 27.5. The molecule has 2 heterocycles. The van der Waals surface area contributed by atoms with Gasteiger partial charge in [0.25, 0.3) is 11.8 Å². The van der Waals surface area contributed by atoms with Crippen molar-refractivity contribution in [3.8, 4) is 0 Å². The topological polar surface area (TPSA) is 55.2 Å². The second-order valence-corrected chi connectivity index (χ2v) is 6.34. The van der Waals surface area contributed by atoms with Gasteiger partial charge in [-0.1, -0.05) is 30.3 Å². The number of aromatic nitrogens is 2. The molecule has 1 aliphatic heterocycles. The zero-order valence-corrected chi connectivity index (χ0v) is 14.5. The van der Waals surface area contributed by atoms with E-state index in [9.17, 15) is 9.59 Å². The standard InChI is InChI=1S/C21H17N3O2/c1-14-6-5-7-16(10-14)24-20(25)18-9-4-3-8-17(18)19(21(24)26)11-15-12-22-23(2)13-15/h3-13H,1-2H3/b19-11+. The monoisotopic (exact) mass is 343 g/mol. The summed E-state index contributed by atoms with van der Waals surface area (Å²) in [5, 5.41) is 4.15. The van der Waals surface area contributed by atoms with Gasteiger partial charge in [0, 0.05) is 29.9 Å². The molecule has 1 aromatic heterocycles. The molecule has 26 heavy (non-hydrogen) atoms. The van der Waals surface area contributed by atoms with Crippen molar-refractivity contribution < 1.29 is 9.59 Å². The number of carbonyl (C=O) groups excluding carboxylic acids is 2. The summed E-state index contributed by atoms with van der Waals surface area (Å²) in [7, 11) is 1.82. The Morgan fingerprint density at radius 2 is 1.73 bits per heavy atom. The van der Waals surface area contributed by atoms with Gasteiger partial charge in [0.2, 0.25) is 0 Å². The largest absolute Gasteiger partial charge is 0.275 e. The summed E-state index contributed by atoms with van der Waals surface area (Å²) < 4.78 is 1.68. The summed E-state index contributed by atoms with van der Waals surface area (Å²) in [5.41, 5.74) is 4.02. The summed E-state index contributed by atoms with van der Waals surface area (Å²) >= 11 is 0. The number of hydrogen-bond acceptors (Lipinski definition) is 3. The Labute approximate surface area is 151 Å². The SMILES string of the molecule is Cc1cccc(N2C(=O)/C(=C/c3cnn(C)c3)c3ccccc3C2=O)c1. The van der Waals surface area contributed by atoms with Crippen molar-refractivity contribution in [1.82, 2.24) is 9.78 Å². The van der Waals surface area contributed by atoms with Gasteiger partial charge in [-0.15, -0.1) is 0 Å². The molecule has 0 N–H and O–H groups in total. The van der Waals surface area contributed by atoms with Crippen molar-refractivity contribution in [1.29, 1.82) is 0 Å². The Kier molecular flexibility index (Phi) is 3.77. The number of nitrogens with zero attached hydrogens (tertiary/aromatic N) is 3. The zero-order valence-electron chi connectivity index (χ0n) is 14.5. The third kappa shape index (κ3) is 2.63. The second-order valence-electron chi connectivity index (χ2n) is 6.34. The predicted molar refractivity (Wildman–Crippen MR) is 101 cm³/mol. The number of hydrogen-bond donors (Lipinski definition) is 0. The highest BCUT2D eigenvalue weighted by atomic mass is 16.2. The van der Waals surface area contributed by atoms with Crippen molar-refractivity contribution in [3.63, 3.8) is 0 Å². The summed E-state index contributed by atoms with van der Waals surface area (Å²) in [6.07, 6.45) is 5.30. The minimum absolute atomic E-state index is 0.306. The zero-order chi connectivity index (χ0) is 18.3. The summed E-state index contributed by atoms with van der Waals surface area (Å²) in [6, 6.07) is 14.6. The molecule has 3 aromatic rings. The number of imide groups is 1. The van der Waals surface area contributed by atoms with Crippen LogP contribution in [0.1, 0.15) is 27.0 Å². The van der Waals surface area contributed by atoms with Crippen molar-refractivity contribution >= 4 is 29.2 Å². The Morgan fingerprint density at radius 3 is 2.42 bits per heavy atom. The highest BCUT2D eigenvalue weighted by Crippen LogP contribution is 2.33. The van der Waals surface area contributed by atoms with Gasteiger partial charge < -0.3 is 0 Å². The molecule has 4 rings (SSSR count). The second kappa shape index (κ2) is 6.11. The van der Waals surface area contributed by atoms with E-state index in [-0.39, 0.29) is 11.8 Å². The number of anilines is 1. The fourth-order valence-electron chi connectivity index (χ4n) is 3.18. The molecule has 1 aliphatic rings. The number of rotatable bonds is 2. The van der Waals surface area contributed by atoms with E-state index in [4.69, 9.17) is 0 Å². The van der Waals surface area contributed by atoms with Gasteiger partial charge in [-0.05, 0) is 42.3 Å². The number of amides is 2. The number of fused-ring (bicyclic) bond motifs is 1. The summed E-state index contributed by atoms with van der Waals surface area (Å²) in [6.45, 7) is 1.93. The van der Waals surface area contributed by atoms with Crippen LogP contribution < -0.4 is 4.90 Å². The van der Waals surface area contributed by atoms with E-state index >= 15 is 0 Å². The van der Waals surface area contributed by atoms with Crippen molar-refractivity contribution in [2.45, 2.75) is 6.92 Å². The molecule has 0 atom stereocenters. The minimum atomic E-state index is -0.330. The molecule has 128 valence electrons. The van der Waals surface area contributed by atoms with Gasteiger partial charge in [0.1, 0.15) is 0 Å². The van der Waals surface area contributed by atoms with Crippen LogP contribution in [-0.2, 0) is 11.8 Å². The lowest BCUT2D eigenvalue weighted by atomic mass is 9.92. The van der Waals surface area contributed by atoms with Gasteiger partial charge in [0.15, 0.2) is 0 Å². The minimum Gasteiger partial charge on any atom is -0.275 e. The van der Waals surface area contributed by atoms with Crippen LogP contribution in [0.3, 0.4) is 0 Å². The van der Waals surface area contributed by atoms with Gasteiger partial charge in [-0.3, -0.25) is 14.3 Å². The van der Waals surface area contributed by atoms with Crippen LogP contribution in [0.5, 0.6) is 0 Å². The molecule has 0 bridgehead atoms. The molecule has 0 unspecified atom stereocenters. The average Bonchev–Trinajstić information content (AvgIpc) is 3.04. The molecule has 0 aliphatic carbocycles. The molecular formula is C21H17N3O2. The molecule has 5 heteroatoms. The smallest absolute Gasteiger partial charge is 0.265 e. The van der Waals surface area contributed by atoms with Crippen LogP contribution in [0, 0.1) is 6.92 Å². The van der Waals surface area contributed by atoms with Crippen LogP contribution in [-0.4, -0.2) is 21.6 Å². The first-order chi connectivity index (χ1) is 12.5. The maximum Gasteiger partial charge on any atom is 0.265 e. The molecule has 0 saturated carbocycles. The van der Waals surface area contributed by atoms with Crippen LogP contribution in [0.15, 0.2) is 60.9 Å². The van der Waals surface area contributed by atoms with Gasteiger partial charge >= 0.3 is 0 Å². The molecule has 0 radical (unpaired) electrons. The highest BCUT2D eigenvalue weighted by Gasteiger charge is 2.35. The van der Waals surface area contributed by atoms with E-state index < -0.39 is 0 Å². The van der Waals surface area contributed by atoms with Crippen LogP contribution in [0.2, 0.25) is 0 Å². The Hall–Kier alpha value is -3.47. The number of carbonyl (C=O) groups is 2. The van der Waals surface area contributed by atoms with Crippen LogP contribution in [0.25, 0.3) is 11.6 Å². The Balaban J connectivity index is 1.91. The van der Waals surface area contributed by atoms with Gasteiger partial charge in [0.05, 0.1) is 11.9 Å². The predicted octanol–water partition coefficient (Wildman–Crippen LogP) is 3.46. The number of aryl methyl sites for hydroxylation is 2. The molecule has 2 aromatic carbocycles. The fraction of sp³-hybridized carbons (Fsp3) is 0.0952. The average molecular weight is 343 g/mol. The van der Waals surface area contributed by atoms with Gasteiger partial charge in [-0.25, -0.2) is 4.90 Å². The lowest BCUT2D eigenvalue weighted by Gasteiger charge is -2.28. The van der Waals surface area contributed by atoms with Crippen molar-refractivity contribution in [3.05, 3.63) is 83.2 Å². The first-order valence-corrected chi connectivity index (χ1v) is 8.30. The molecule has 0 saturated heterocycles. The van der Waals surface area contributed by atoms with Crippen molar-refractivity contribution in [2.75, 3.05) is 4.90 Å². The molecule has 2 amide bonds. The molecule has 0 spiro atoms. The summed E-state index contributed by atoms with van der Waals surface area (Å²) in [5.74, 6) is -0.636. The lowest BCUT2D eigenvalue weighted by Crippen LogP contribution is -2.41. The van der Waals surface area contributed by atoms with E-state index in [1.54, 1.807) is 35.2 Å². The molecular weight excluding hydrogens is 326 g/mol. The van der Waals surface area contributed by atoms with Crippen LogP contribution in [0.4, 0.5) is 5.69 Å². The van der Waals surface area contributed by atoms with E-state index in [0.29, 0.717) is 22.4 Å². The maximum absolute atomic E-state index is 13.2. The third-order valence-corrected chi connectivity index (χ3v) is 4.38. The normalized spacial score (nSPS) is 15.5. The maximum atomic E-state index is 13.2. The third-order valence-electron chi connectivity index (χ3n) is 4.38. The van der Waals surface area contributed by atoms with E-state index in [2.05, 4.69) is 5.10 Å². The molecule has 0 fully saturated rings. The first-order valence-electron chi connectivity index (χ1n) is 8.30. The van der Waals surface area contributed by atoms with E-state index in [1.807, 2.05) is 50.5 Å². The lowest BCUT2D eigenvalue weighted by molar-refractivity contribution is -0.112. The Morgan fingerprint density at radius 1 is 0.962 bits per heavy atom. The van der Waals surface area contributed by atoms with Crippen molar-refractivity contribution in [2.24, 2.45) is 7.05 Å². The highest BCUT2D eigenvalue weighted by molar-refractivity contribution is 6.43. The van der Waals surface area contributed by atoms with Crippen LogP contribution >= 0.6 is 0 Å². The van der Waals surface area contributed by atoms with E-state index in [0.717, 1.165) is 11.1 Å². The van der Waals surface area contributed by atoms with Gasteiger partial charge in [-0.2, -0.15) is 5.10 Å².